The summed E-state index contributed by atoms with van der Waals surface area (Å²) >= 11 is 0. The van der Waals surface area contributed by atoms with Gasteiger partial charge in [0, 0.05) is 11.3 Å². The van der Waals surface area contributed by atoms with Gasteiger partial charge in [-0.25, -0.2) is 0 Å². The lowest BCUT2D eigenvalue weighted by atomic mass is 10.1. The second kappa shape index (κ2) is 6.47. The normalized spacial score (nSPS) is 10.2. The van der Waals surface area contributed by atoms with Crippen LogP contribution in [0, 0.1) is 20.8 Å². The third kappa shape index (κ3) is 3.19. The van der Waals surface area contributed by atoms with E-state index in [0.29, 0.717) is 17.1 Å². The van der Waals surface area contributed by atoms with Crippen LogP contribution in [0.4, 0.5) is 5.69 Å². The number of anilines is 1. The first kappa shape index (κ1) is 15.8. The van der Waals surface area contributed by atoms with E-state index in [0.717, 1.165) is 22.6 Å². The summed E-state index contributed by atoms with van der Waals surface area (Å²) in [6.07, 6.45) is 0. The van der Waals surface area contributed by atoms with Crippen LogP contribution in [0.25, 0.3) is 0 Å². The number of methoxy groups -OCH3 is 2. The van der Waals surface area contributed by atoms with Gasteiger partial charge in [-0.3, -0.25) is 9.78 Å². The molecule has 0 aliphatic heterocycles. The highest BCUT2D eigenvalue weighted by Gasteiger charge is 2.13. The molecule has 0 aliphatic carbocycles. The molecule has 116 valence electrons. The first-order chi connectivity index (χ1) is 10.5. The Morgan fingerprint density at radius 3 is 2.32 bits per heavy atom. The molecule has 0 saturated heterocycles. The monoisotopic (exact) mass is 300 g/mol. The second-order valence-electron chi connectivity index (χ2n) is 5.06. The molecular formula is C17H20N2O3. The Labute approximate surface area is 130 Å². The number of amides is 1. The predicted octanol–water partition coefficient (Wildman–Crippen LogP) is 3.28. The molecule has 2 aromatic rings. The molecule has 2 rings (SSSR count). The van der Waals surface area contributed by atoms with Crippen LogP contribution >= 0.6 is 0 Å². The number of hydrogen-bond donors (Lipinski definition) is 1. The minimum atomic E-state index is -0.210. The number of ether oxygens (including phenoxy) is 2. The van der Waals surface area contributed by atoms with Gasteiger partial charge in [0.2, 0.25) is 0 Å². The van der Waals surface area contributed by atoms with Gasteiger partial charge >= 0.3 is 0 Å². The van der Waals surface area contributed by atoms with E-state index in [9.17, 15) is 4.79 Å². The number of carbonyl (C=O) groups excluding carboxylic acids is 1. The highest BCUT2D eigenvalue weighted by atomic mass is 16.5. The van der Waals surface area contributed by atoms with E-state index in [1.54, 1.807) is 25.3 Å². The van der Waals surface area contributed by atoms with E-state index >= 15 is 0 Å². The van der Waals surface area contributed by atoms with Crippen molar-refractivity contribution < 1.29 is 14.3 Å². The second-order valence-corrected chi connectivity index (χ2v) is 5.06. The van der Waals surface area contributed by atoms with Gasteiger partial charge in [-0.05, 0) is 50.6 Å². The maximum atomic E-state index is 12.4. The number of nitrogens with zero attached hydrogens (tertiary/aromatic N) is 1. The molecule has 0 atom stereocenters. The highest BCUT2D eigenvalue weighted by Crippen LogP contribution is 2.28. The van der Waals surface area contributed by atoms with Crippen molar-refractivity contribution in [1.82, 2.24) is 4.98 Å². The average molecular weight is 300 g/mol. The molecule has 5 heteroatoms. The van der Waals surface area contributed by atoms with Gasteiger partial charge in [-0.1, -0.05) is 0 Å². The van der Waals surface area contributed by atoms with E-state index < -0.39 is 0 Å². The van der Waals surface area contributed by atoms with Gasteiger partial charge in [-0.2, -0.15) is 0 Å². The third-order valence-electron chi connectivity index (χ3n) is 3.41. The number of pyridine rings is 1. The number of benzene rings is 1. The minimum Gasteiger partial charge on any atom is -0.493 e. The molecule has 0 aliphatic rings. The van der Waals surface area contributed by atoms with Gasteiger partial charge in [-0.15, -0.1) is 0 Å². The van der Waals surface area contributed by atoms with Crippen LogP contribution < -0.4 is 14.8 Å². The number of carbonyl (C=O) groups is 1. The summed E-state index contributed by atoms with van der Waals surface area (Å²) in [7, 11) is 3.10. The maximum absolute atomic E-state index is 12.4. The van der Waals surface area contributed by atoms with Crippen molar-refractivity contribution in [2.24, 2.45) is 0 Å². The summed E-state index contributed by atoms with van der Waals surface area (Å²) in [6.45, 7) is 5.76. The van der Waals surface area contributed by atoms with Crippen LogP contribution in [-0.2, 0) is 0 Å². The number of nitrogens with one attached hydrogen (secondary N) is 1. The van der Waals surface area contributed by atoms with Gasteiger partial charge in [0.25, 0.3) is 5.91 Å². The van der Waals surface area contributed by atoms with Gasteiger partial charge < -0.3 is 14.8 Å². The van der Waals surface area contributed by atoms with E-state index in [-0.39, 0.29) is 5.91 Å². The topological polar surface area (TPSA) is 60.5 Å². The van der Waals surface area contributed by atoms with E-state index in [2.05, 4.69) is 10.3 Å². The maximum Gasteiger partial charge on any atom is 0.255 e. The zero-order valence-electron chi connectivity index (χ0n) is 13.5. The van der Waals surface area contributed by atoms with Gasteiger partial charge in [0.05, 0.1) is 25.6 Å². The molecule has 0 spiro atoms. The summed E-state index contributed by atoms with van der Waals surface area (Å²) < 4.78 is 10.4. The molecule has 1 N–H and O–H groups in total. The Morgan fingerprint density at radius 1 is 1.05 bits per heavy atom. The lowest BCUT2D eigenvalue weighted by Crippen LogP contribution is -2.14. The quantitative estimate of drug-likeness (QED) is 0.941. The van der Waals surface area contributed by atoms with Crippen molar-refractivity contribution in [3.8, 4) is 11.5 Å². The Hall–Kier alpha value is -2.56. The molecule has 1 heterocycles. The van der Waals surface area contributed by atoms with Crippen molar-refractivity contribution in [2.75, 3.05) is 19.5 Å². The van der Waals surface area contributed by atoms with Crippen LogP contribution in [-0.4, -0.2) is 25.1 Å². The van der Waals surface area contributed by atoms with Crippen molar-refractivity contribution in [3.05, 3.63) is 46.8 Å². The summed E-state index contributed by atoms with van der Waals surface area (Å²) in [5.41, 5.74) is 3.95. The number of rotatable bonds is 4. The molecule has 0 unspecified atom stereocenters. The van der Waals surface area contributed by atoms with Crippen molar-refractivity contribution in [1.29, 1.82) is 0 Å². The van der Waals surface area contributed by atoms with E-state index in [1.165, 1.54) is 7.11 Å². The SMILES string of the molecule is COc1ccc(C(=O)Nc2c(C)cc(C)nc2C)cc1OC. The standard InChI is InChI=1S/C17H20N2O3/c1-10-8-11(2)18-12(3)16(10)19-17(20)13-6-7-14(21-4)15(9-13)22-5/h6-9H,1-5H3,(H,19,20). The lowest BCUT2D eigenvalue weighted by molar-refractivity contribution is 0.102. The fraction of sp³-hybridized carbons (Fsp3) is 0.294. The Balaban J connectivity index is 2.30. The Bertz CT molecular complexity index is 688. The average Bonchev–Trinajstić information content (AvgIpc) is 2.49. The molecule has 1 aromatic heterocycles. The zero-order chi connectivity index (χ0) is 16.3. The molecule has 0 saturated carbocycles. The van der Waals surface area contributed by atoms with E-state index in [4.69, 9.17) is 9.47 Å². The number of aromatic nitrogens is 1. The fourth-order valence-electron chi connectivity index (χ4n) is 2.38. The summed E-state index contributed by atoms with van der Waals surface area (Å²) in [5.74, 6) is 0.895. The minimum absolute atomic E-state index is 0.210. The summed E-state index contributed by atoms with van der Waals surface area (Å²) in [5, 5.41) is 2.91. The number of aryl methyl sites for hydroxylation is 3. The fourth-order valence-corrected chi connectivity index (χ4v) is 2.38. The van der Waals surface area contributed by atoms with E-state index in [1.807, 2.05) is 26.8 Å². The van der Waals surface area contributed by atoms with Gasteiger partial charge in [0.15, 0.2) is 11.5 Å². The lowest BCUT2D eigenvalue weighted by Gasteiger charge is -2.13. The predicted molar refractivity (Wildman–Crippen MR) is 85.9 cm³/mol. The van der Waals surface area contributed by atoms with Crippen LogP contribution in [0.5, 0.6) is 11.5 Å². The molecular weight excluding hydrogens is 280 g/mol. The molecule has 5 nitrogen and oxygen atoms in total. The zero-order valence-corrected chi connectivity index (χ0v) is 13.5. The molecule has 0 radical (unpaired) electrons. The summed E-state index contributed by atoms with van der Waals surface area (Å²) in [4.78, 5) is 16.8. The van der Waals surface area contributed by atoms with Crippen molar-refractivity contribution >= 4 is 11.6 Å². The Morgan fingerprint density at radius 2 is 1.73 bits per heavy atom. The van der Waals surface area contributed by atoms with Crippen molar-refractivity contribution in [2.45, 2.75) is 20.8 Å². The largest absolute Gasteiger partial charge is 0.493 e. The number of hydrogen-bond acceptors (Lipinski definition) is 4. The molecule has 22 heavy (non-hydrogen) atoms. The van der Waals surface area contributed by atoms with Crippen molar-refractivity contribution in [3.63, 3.8) is 0 Å². The summed E-state index contributed by atoms with van der Waals surface area (Å²) in [6, 6.07) is 7.00. The first-order valence-electron chi connectivity index (χ1n) is 6.94. The molecule has 0 fully saturated rings. The smallest absolute Gasteiger partial charge is 0.255 e. The highest BCUT2D eigenvalue weighted by molar-refractivity contribution is 6.05. The third-order valence-corrected chi connectivity index (χ3v) is 3.41. The van der Waals surface area contributed by atoms with Crippen LogP contribution in [0.15, 0.2) is 24.3 Å². The van der Waals surface area contributed by atoms with Crippen LogP contribution in [0.2, 0.25) is 0 Å². The Kier molecular flexibility index (Phi) is 4.65. The molecule has 1 aromatic carbocycles. The molecule has 1 amide bonds. The first-order valence-corrected chi connectivity index (χ1v) is 6.94. The van der Waals surface area contributed by atoms with Gasteiger partial charge in [0.1, 0.15) is 0 Å². The van der Waals surface area contributed by atoms with Crippen LogP contribution in [0.1, 0.15) is 27.3 Å². The molecule has 0 bridgehead atoms. The van der Waals surface area contributed by atoms with Crippen LogP contribution in [0.3, 0.4) is 0 Å².